The molecule has 0 spiro atoms. The minimum absolute atomic E-state index is 0.606. The number of hydrogen-bond donors (Lipinski definition) is 0. The third-order valence-electron chi connectivity index (χ3n) is 4.16. The van der Waals surface area contributed by atoms with Crippen molar-refractivity contribution in [3.63, 3.8) is 0 Å². The van der Waals surface area contributed by atoms with Crippen LogP contribution in [-0.2, 0) is 0 Å². The summed E-state index contributed by atoms with van der Waals surface area (Å²) < 4.78 is 0. The van der Waals surface area contributed by atoms with Gasteiger partial charge in [-0.25, -0.2) is 0 Å². The third-order valence-corrected chi connectivity index (χ3v) is 4.16. The lowest BCUT2D eigenvalue weighted by Gasteiger charge is -2.46. The van der Waals surface area contributed by atoms with E-state index in [9.17, 15) is 0 Å². The van der Waals surface area contributed by atoms with E-state index in [4.69, 9.17) is 0 Å². The summed E-state index contributed by atoms with van der Waals surface area (Å²) in [7, 11) is 0. The summed E-state index contributed by atoms with van der Waals surface area (Å²) in [6, 6.07) is 0. The molecule has 2 saturated carbocycles. The fraction of sp³-hybridized carbons (Fsp3) is 1.00. The van der Waals surface area contributed by atoms with E-state index in [2.05, 4.69) is 27.7 Å². The van der Waals surface area contributed by atoms with Gasteiger partial charge in [-0.1, -0.05) is 27.7 Å². The molecule has 0 unspecified atom stereocenters. The Bertz CT molecular complexity index is 200. The van der Waals surface area contributed by atoms with Crippen LogP contribution in [0.2, 0.25) is 0 Å². The van der Waals surface area contributed by atoms with Crippen molar-refractivity contribution >= 4 is 0 Å². The Labute approximate surface area is 83.1 Å². The molecule has 2 rings (SSSR count). The highest BCUT2D eigenvalue weighted by Gasteiger charge is 2.47. The Morgan fingerprint density at radius 3 is 2.08 bits per heavy atom. The van der Waals surface area contributed by atoms with Crippen molar-refractivity contribution in [1.29, 1.82) is 0 Å². The van der Waals surface area contributed by atoms with E-state index in [0.717, 1.165) is 11.8 Å². The minimum Gasteiger partial charge on any atom is -0.0625 e. The largest absolute Gasteiger partial charge is 0.0625 e. The maximum Gasteiger partial charge on any atom is -0.0290 e. The summed E-state index contributed by atoms with van der Waals surface area (Å²) in [6.07, 6.45) is 7.42. The van der Waals surface area contributed by atoms with E-state index in [1.807, 2.05) is 0 Å². The molecule has 0 heteroatoms. The summed E-state index contributed by atoms with van der Waals surface area (Å²) in [5.74, 6) is 2.03. The molecule has 0 aromatic carbocycles. The smallest absolute Gasteiger partial charge is 0.0290 e. The molecule has 2 atom stereocenters. The van der Waals surface area contributed by atoms with Crippen molar-refractivity contribution in [3.05, 3.63) is 0 Å². The highest BCUT2D eigenvalue weighted by Crippen LogP contribution is 2.58. The first-order valence-corrected chi connectivity index (χ1v) is 5.91. The summed E-state index contributed by atoms with van der Waals surface area (Å²) in [6.45, 7) is 9.91. The first-order chi connectivity index (χ1) is 5.91. The molecule has 0 aliphatic heterocycles. The van der Waals surface area contributed by atoms with Crippen LogP contribution < -0.4 is 0 Å². The Morgan fingerprint density at radius 2 is 1.62 bits per heavy atom. The SMILES string of the molecule is C[C@H]1CC(C)(C)C[C@@](C)(C2CC2)C1. The Hall–Kier alpha value is 0. The van der Waals surface area contributed by atoms with Crippen molar-refractivity contribution in [2.45, 2.75) is 59.8 Å². The molecule has 2 fully saturated rings. The maximum absolute atomic E-state index is 2.54. The Kier molecular flexibility index (Phi) is 2.02. The van der Waals surface area contributed by atoms with Gasteiger partial charge in [0.25, 0.3) is 0 Å². The molecule has 0 heterocycles. The highest BCUT2D eigenvalue weighted by atomic mass is 14.5. The van der Waals surface area contributed by atoms with Crippen LogP contribution in [0.4, 0.5) is 0 Å². The van der Waals surface area contributed by atoms with Crippen molar-refractivity contribution in [2.24, 2.45) is 22.7 Å². The van der Waals surface area contributed by atoms with Crippen LogP contribution in [0.15, 0.2) is 0 Å². The van der Waals surface area contributed by atoms with Crippen LogP contribution in [0.1, 0.15) is 59.8 Å². The van der Waals surface area contributed by atoms with Crippen LogP contribution in [0.3, 0.4) is 0 Å². The molecule has 0 saturated heterocycles. The molecule has 0 aromatic heterocycles. The van der Waals surface area contributed by atoms with E-state index < -0.39 is 0 Å². The molecule has 2 aliphatic carbocycles. The predicted octanol–water partition coefficient (Wildman–Crippen LogP) is 4.25. The van der Waals surface area contributed by atoms with Gasteiger partial charge in [0, 0.05) is 0 Å². The lowest BCUT2D eigenvalue weighted by molar-refractivity contribution is 0.0438. The van der Waals surface area contributed by atoms with Gasteiger partial charge in [-0.2, -0.15) is 0 Å². The van der Waals surface area contributed by atoms with E-state index >= 15 is 0 Å². The fourth-order valence-electron chi connectivity index (χ4n) is 4.14. The van der Waals surface area contributed by atoms with Crippen LogP contribution in [0.25, 0.3) is 0 Å². The second-order valence-electron chi connectivity index (χ2n) is 6.78. The Balaban J connectivity index is 2.11. The first-order valence-electron chi connectivity index (χ1n) is 5.91. The lowest BCUT2D eigenvalue weighted by Crippen LogP contribution is -2.36. The lowest BCUT2D eigenvalue weighted by atomic mass is 9.59. The monoisotopic (exact) mass is 180 g/mol. The molecule has 13 heavy (non-hydrogen) atoms. The van der Waals surface area contributed by atoms with Gasteiger partial charge in [0.05, 0.1) is 0 Å². The van der Waals surface area contributed by atoms with E-state index in [-0.39, 0.29) is 0 Å². The van der Waals surface area contributed by atoms with Gasteiger partial charge in [-0.15, -0.1) is 0 Å². The summed E-state index contributed by atoms with van der Waals surface area (Å²) in [4.78, 5) is 0. The topological polar surface area (TPSA) is 0 Å². The van der Waals surface area contributed by atoms with Gasteiger partial charge in [0.1, 0.15) is 0 Å². The number of rotatable bonds is 1. The van der Waals surface area contributed by atoms with Gasteiger partial charge in [-0.05, 0) is 54.8 Å². The number of hydrogen-bond acceptors (Lipinski definition) is 0. The third kappa shape index (κ3) is 1.92. The maximum atomic E-state index is 2.54. The molecule has 0 radical (unpaired) electrons. The van der Waals surface area contributed by atoms with Gasteiger partial charge < -0.3 is 0 Å². The standard InChI is InChI=1S/C13H24/c1-10-7-12(2,3)9-13(4,8-10)11-5-6-11/h10-11H,5-9H2,1-4H3/t10-,13-/m0/s1. The van der Waals surface area contributed by atoms with Gasteiger partial charge in [0.2, 0.25) is 0 Å². The molecular formula is C13H24. The second kappa shape index (κ2) is 2.74. The molecule has 0 amide bonds. The van der Waals surface area contributed by atoms with Crippen LogP contribution in [0, 0.1) is 22.7 Å². The van der Waals surface area contributed by atoms with E-state index in [1.165, 1.54) is 32.1 Å². The second-order valence-corrected chi connectivity index (χ2v) is 6.78. The van der Waals surface area contributed by atoms with Crippen LogP contribution in [0.5, 0.6) is 0 Å². The van der Waals surface area contributed by atoms with E-state index in [0.29, 0.717) is 10.8 Å². The molecular weight excluding hydrogens is 156 g/mol. The van der Waals surface area contributed by atoms with Crippen LogP contribution >= 0.6 is 0 Å². The molecule has 0 N–H and O–H groups in total. The van der Waals surface area contributed by atoms with Gasteiger partial charge in [0.15, 0.2) is 0 Å². The fourth-order valence-corrected chi connectivity index (χ4v) is 4.14. The van der Waals surface area contributed by atoms with Gasteiger partial charge in [-0.3, -0.25) is 0 Å². The minimum atomic E-state index is 0.606. The Morgan fingerprint density at radius 1 is 1.00 bits per heavy atom. The summed E-state index contributed by atoms with van der Waals surface area (Å²) in [5, 5.41) is 0. The zero-order valence-electron chi connectivity index (χ0n) is 9.69. The average Bonchev–Trinajstić information content (AvgIpc) is 2.57. The first kappa shape index (κ1) is 9.55. The zero-order chi connectivity index (χ0) is 9.69. The zero-order valence-corrected chi connectivity index (χ0v) is 9.69. The summed E-state index contributed by atoms with van der Waals surface area (Å²) in [5.41, 5.74) is 1.30. The molecule has 2 aliphatic rings. The van der Waals surface area contributed by atoms with E-state index in [1.54, 1.807) is 0 Å². The molecule has 0 bridgehead atoms. The molecule has 0 aromatic rings. The van der Waals surface area contributed by atoms with Crippen molar-refractivity contribution < 1.29 is 0 Å². The van der Waals surface area contributed by atoms with Crippen LogP contribution in [-0.4, -0.2) is 0 Å². The molecule has 0 nitrogen and oxygen atoms in total. The average molecular weight is 180 g/mol. The summed E-state index contributed by atoms with van der Waals surface area (Å²) >= 11 is 0. The molecule has 76 valence electrons. The highest BCUT2D eigenvalue weighted by molar-refractivity contribution is 4.98. The van der Waals surface area contributed by atoms with Crippen molar-refractivity contribution in [2.75, 3.05) is 0 Å². The van der Waals surface area contributed by atoms with Gasteiger partial charge >= 0.3 is 0 Å². The quantitative estimate of drug-likeness (QED) is 0.566. The van der Waals surface area contributed by atoms with Crippen molar-refractivity contribution in [1.82, 2.24) is 0 Å². The normalized spacial score (nSPS) is 44.8. The van der Waals surface area contributed by atoms with Crippen molar-refractivity contribution in [3.8, 4) is 0 Å². The predicted molar refractivity (Wildman–Crippen MR) is 57.6 cm³/mol.